The van der Waals surface area contributed by atoms with Gasteiger partial charge in [-0.2, -0.15) is 0 Å². The summed E-state index contributed by atoms with van der Waals surface area (Å²) >= 11 is 0. The van der Waals surface area contributed by atoms with Crippen molar-refractivity contribution in [3.05, 3.63) is 58.7 Å². The van der Waals surface area contributed by atoms with Gasteiger partial charge in [-0.15, -0.1) is 0 Å². The molecule has 1 saturated heterocycles. The molecule has 1 aliphatic rings. The van der Waals surface area contributed by atoms with Crippen LogP contribution >= 0.6 is 0 Å². The minimum absolute atomic E-state index is 0.0351. The van der Waals surface area contributed by atoms with Crippen LogP contribution in [0.25, 0.3) is 0 Å². The zero-order valence-corrected chi connectivity index (χ0v) is 18.2. The molecule has 2 N–H and O–H groups in total. The highest BCUT2D eigenvalue weighted by Crippen LogP contribution is 2.32. The number of carbonyl (C=O) groups excluding carboxylic acids is 2. The number of aryl methyl sites for hydroxylation is 3. The van der Waals surface area contributed by atoms with Crippen LogP contribution in [0.2, 0.25) is 0 Å². The van der Waals surface area contributed by atoms with Crippen LogP contribution in [0.1, 0.15) is 41.1 Å². The molecule has 2 aromatic carbocycles. The van der Waals surface area contributed by atoms with Crippen molar-refractivity contribution in [3.8, 4) is 5.75 Å². The van der Waals surface area contributed by atoms with Gasteiger partial charge in [-0.1, -0.05) is 29.8 Å². The standard InChI is InChI=1S/C24H31N3O3/c1-16-12-17(2)24(18(3)13-16)26-22(28)14-25-23(29)15-27-11-5-6-21(27)19-7-9-20(30-4)10-8-19/h7-10,12-13,21H,5-6,11,14-15H2,1-4H3,(H,25,29)(H,26,28)/t21-/m1/s1. The summed E-state index contributed by atoms with van der Waals surface area (Å²) in [4.78, 5) is 27.0. The summed E-state index contributed by atoms with van der Waals surface area (Å²) in [5, 5.41) is 5.68. The van der Waals surface area contributed by atoms with Gasteiger partial charge in [-0.25, -0.2) is 0 Å². The number of hydrogen-bond donors (Lipinski definition) is 2. The van der Waals surface area contributed by atoms with Gasteiger partial charge < -0.3 is 15.4 Å². The Morgan fingerprint density at radius 1 is 1.07 bits per heavy atom. The third-order valence-electron chi connectivity index (χ3n) is 5.60. The molecule has 1 aliphatic heterocycles. The Morgan fingerprint density at radius 3 is 2.37 bits per heavy atom. The molecular formula is C24H31N3O3. The van der Waals surface area contributed by atoms with Crippen molar-refractivity contribution in [1.29, 1.82) is 0 Å². The Hall–Kier alpha value is -2.86. The number of benzene rings is 2. The van der Waals surface area contributed by atoms with E-state index in [1.807, 2.05) is 45.0 Å². The fourth-order valence-electron chi connectivity index (χ4n) is 4.20. The average molecular weight is 410 g/mol. The minimum atomic E-state index is -0.216. The molecule has 0 radical (unpaired) electrons. The van der Waals surface area contributed by atoms with E-state index >= 15 is 0 Å². The molecule has 1 atom stereocenters. The van der Waals surface area contributed by atoms with E-state index in [1.54, 1.807) is 7.11 Å². The van der Waals surface area contributed by atoms with E-state index in [-0.39, 0.29) is 30.9 Å². The van der Waals surface area contributed by atoms with Gasteiger partial charge in [0.1, 0.15) is 5.75 Å². The summed E-state index contributed by atoms with van der Waals surface area (Å²) in [5.41, 5.74) is 5.20. The van der Waals surface area contributed by atoms with Crippen molar-refractivity contribution < 1.29 is 14.3 Å². The molecule has 6 heteroatoms. The Balaban J connectivity index is 1.52. The summed E-state index contributed by atoms with van der Waals surface area (Å²) in [6.07, 6.45) is 2.07. The predicted octanol–water partition coefficient (Wildman–Crippen LogP) is 3.51. The van der Waals surface area contributed by atoms with Crippen molar-refractivity contribution in [3.63, 3.8) is 0 Å². The molecule has 2 aromatic rings. The van der Waals surface area contributed by atoms with Crippen molar-refractivity contribution in [2.24, 2.45) is 0 Å². The maximum Gasteiger partial charge on any atom is 0.243 e. The van der Waals surface area contributed by atoms with E-state index in [0.29, 0.717) is 0 Å². The summed E-state index contributed by atoms with van der Waals surface area (Å²) in [7, 11) is 1.65. The summed E-state index contributed by atoms with van der Waals surface area (Å²) in [6.45, 7) is 7.10. The van der Waals surface area contributed by atoms with Crippen LogP contribution in [-0.4, -0.2) is 43.5 Å². The second kappa shape index (κ2) is 9.76. The average Bonchev–Trinajstić information content (AvgIpc) is 3.17. The molecule has 30 heavy (non-hydrogen) atoms. The third kappa shape index (κ3) is 5.39. The Kier molecular flexibility index (Phi) is 7.11. The van der Waals surface area contributed by atoms with E-state index in [4.69, 9.17) is 4.74 Å². The van der Waals surface area contributed by atoms with Gasteiger partial charge in [-0.3, -0.25) is 14.5 Å². The minimum Gasteiger partial charge on any atom is -0.497 e. The third-order valence-corrected chi connectivity index (χ3v) is 5.60. The SMILES string of the molecule is COc1ccc([C@H]2CCCN2CC(=O)NCC(=O)Nc2c(C)cc(C)cc2C)cc1. The first-order valence-corrected chi connectivity index (χ1v) is 10.4. The molecule has 0 saturated carbocycles. The summed E-state index contributed by atoms with van der Waals surface area (Å²) in [5.74, 6) is 0.473. The largest absolute Gasteiger partial charge is 0.497 e. The molecule has 0 spiro atoms. The molecule has 0 unspecified atom stereocenters. The second-order valence-electron chi connectivity index (χ2n) is 8.00. The van der Waals surface area contributed by atoms with Crippen molar-refractivity contribution in [1.82, 2.24) is 10.2 Å². The lowest BCUT2D eigenvalue weighted by Crippen LogP contribution is -2.40. The smallest absolute Gasteiger partial charge is 0.243 e. The zero-order chi connectivity index (χ0) is 21.7. The number of ether oxygens (including phenoxy) is 1. The Morgan fingerprint density at radius 2 is 1.73 bits per heavy atom. The fourth-order valence-corrected chi connectivity index (χ4v) is 4.20. The number of anilines is 1. The molecule has 0 aromatic heterocycles. The Bertz CT molecular complexity index is 885. The van der Waals surface area contributed by atoms with E-state index in [0.717, 1.165) is 47.5 Å². The van der Waals surface area contributed by atoms with Gasteiger partial charge in [0, 0.05) is 11.7 Å². The predicted molar refractivity (Wildman–Crippen MR) is 119 cm³/mol. The van der Waals surface area contributed by atoms with Crippen LogP contribution in [0.4, 0.5) is 5.69 Å². The van der Waals surface area contributed by atoms with Crippen LogP contribution < -0.4 is 15.4 Å². The maximum absolute atomic E-state index is 12.5. The first kappa shape index (κ1) is 21.8. The number of carbonyl (C=O) groups is 2. The summed E-state index contributed by atoms with van der Waals surface area (Å²) in [6, 6.07) is 12.3. The number of likely N-dealkylation sites (tertiary alicyclic amines) is 1. The van der Waals surface area contributed by atoms with Crippen molar-refractivity contribution in [2.45, 2.75) is 39.7 Å². The van der Waals surface area contributed by atoms with Gasteiger partial charge in [0.25, 0.3) is 0 Å². The van der Waals surface area contributed by atoms with Crippen molar-refractivity contribution in [2.75, 3.05) is 32.1 Å². The number of rotatable bonds is 7. The summed E-state index contributed by atoms with van der Waals surface area (Å²) < 4.78 is 5.23. The molecule has 3 rings (SSSR count). The second-order valence-corrected chi connectivity index (χ2v) is 8.00. The van der Waals surface area contributed by atoms with Gasteiger partial charge in [0.15, 0.2) is 0 Å². The zero-order valence-electron chi connectivity index (χ0n) is 18.2. The highest BCUT2D eigenvalue weighted by Gasteiger charge is 2.27. The number of hydrogen-bond acceptors (Lipinski definition) is 4. The molecular weight excluding hydrogens is 378 g/mol. The monoisotopic (exact) mass is 409 g/mol. The molecule has 6 nitrogen and oxygen atoms in total. The molecule has 1 fully saturated rings. The number of amides is 2. The quantitative estimate of drug-likeness (QED) is 0.734. The number of nitrogens with one attached hydrogen (secondary N) is 2. The normalized spacial score (nSPS) is 16.3. The molecule has 1 heterocycles. The lowest BCUT2D eigenvalue weighted by atomic mass is 10.0. The van der Waals surface area contributed by atoms with Gasteiger partial charge in [0.05, 0.1) is 20.2 Å². The highest BCUT2D eigenvalue weighted by molar-refractivity contribution is 5.96. The van der Waals surface area contributed by atoms with Gasteiger partial charge >= 0.3 is 0 Å². The van der Waals surface area contributed by atoms with Crippen LogP contribution in [0.3, 0.4) is 0 Å². The first-order valence-electron chi connectivity index (χ1n) is 10.4. The van der Waals surface area contributed by atoms with Crippen molar-refractivity contribution >= 4 is 17.5 Å². The van der Waals surface area contributed by atoms with Crippen LogP contribution in [0, 0.1) is 20.8 Å². The van der Waals surface area contributed by atoms with E-state index in [1.165, 1.54) is 5.56 Å². The lowest BCUT2D eigenvalue weighted by molar-refractivity contribution is -0.125. The van der Waals surface area contributed by atoms with Crippen LogP contribution in [0.15, 0.2) is 36.4 Å². The maximum atomic E-state index is 12.5. The number of nitrogens with zero attached hydrogens (tertiary/aromatic N) is 1. The lowest BCUT2D eigenvalue weighted by Gasteiger charge is -2.24. The van der Waals surface area contributed by atoms with E-state index < -0.39 is 0 Å². The number of methoxy groups -OCH3 is 1. The van der Waals surface area contributed by atoms with Gasteiger partial charge in [-0.05, 0) is 69.0 Å². The topological polar surface area (TPSA) is 70.7 Å². The molecule has 2 amide bonds. The van der Waals surface area contributed by atoms with E-state index in [9.17, 15) is 9.59 Å². The first-order chi connectivity index (χ1) is 14.4. The molecule has 160 valence electrons. The highest BCUT2D eigenvalue weighted by atomic mass is 16.5. The Labute approximate surface area is 178 Å². The fraction of sp³-hybridized carbons (Fsp3) is 0.417. The van der Waals surface area contributed by atoms with Crippen LogP contribution in [0.5, 0.6) is 5.75 Å². The molecule has 0 bridgehead atoms. The molecule has 0 aliphatic carbocycles. The van der Waals surface area contributed by atoms with Crippen LogP contribution in [-0.2, 0) is 9.59 Å². The van der Waals surface area contributed by atoms with E-state index in [2.05, 4.69) is 27.7 Å². The van der Waals surface area contributed by atoms with Gasteiger partial charge in [0.2, 0.25) is 11.8 Å².